The summed E-state index contributed by atoms with van der Waals surface area (Å²) in [4.78, 5) is 39.3. The molecule has 2 N–H and O–H groups in total. The van der Waals surface area contributed by atoms with E-state index in [1.807, 2.05) is 42.5 Å². The predicted octanol–water partition coefficient (Wildman–Crippen LogP) is 1.59. The minimum Gasteiger partial charge on any atom is -0.369 e. The summed E-state index contributed by atoms with van der Waals surface area (Å²) in [5, 5.41) is 5.47. The van der Waals surface area contributed by atoms with Gasteiger partial charge in [0.15, 0.2) is 0 Å². The summed E-state index contributed by atoms with van der Waals surface area (Å²) in [6.07, 6.45) is 3.11. The number of nitrogens with one attached hydrogen (secondary N) is 2. The largest absolute Gasteiger partial charge is 0.369 e. The molecule has 2 amide bonds. The molecule has 0 aromatic carbocycles. The Morgan fingerprint density at radius 2 is 2.03 bits per heavy atom. The standard InChI is InChI=1S/C24H26N6O3/c1-25-24(32)21-9-8-17(13-27-21)19-6-4-7-20(29-19)22-15-30(11-12-33-22)16-23(31)28-14-18-5-2-3-10-26-18/h2-10,13,22H,11-12,14-16H2,1H3,(H,25,32)(H,28,31)/t22-/m1/s1. The molecule has 1 aliphatic heterocycles. The number of pyridine rings is 3. The van der Waals surface area contributed by atoms with E-state index >= 15 is 0 Å². The van der Waals surface area contributed by atoms with E-state index in [-0.39, 0.29) is 24.5 Å². The third-order valence-electron chi connectivity index (χ3n) is 5.33. The Morgan fingerprint density at radius 1 is 1.12 bits per heavy atom. The van der Waals surface area contributed by atoms with Gasteiger partial charge in [-0.2, -0.15) is 0 Å². The first-order valence-electron chi connectivity index (χ1n) is 10.8. The van der Waals surface area contributed by atoms with E-state index in [2.05, 4.69) is 25.5 Å². The molecule has 0 aliphatic carbocycles. The third kappa shape index (κ3) is 5.97. The summed E-state index contributed by atoms with van der Waals surface area (Å²) >= 11 is 0. The lowest BCUT2D eigenvalue weighted by molar-refractivity contribution is -0.124. The Balaban J connectivity index is 1.37. The second kappa shape index (κ2) is 10.8. The highest BCUT2D eigenvalue weighted by atomic mass is 16.5. The fourth-order valence-electron chi connectivity index (χ4n) is 3.58. The maximum absolute atomic E-state index is 12.4. The van der Waals surface area contributed by atoms with Gasteiger partial charge in [0, 0.05) is 38.1 Å². The third-order valence-corrected chi connectivity index (χ3v) is 5.33. The smallest absolute Gasteiger partial charge is 0.269 e. The number of amides is 2. The molecule has 0 saturated carbocycles. The van der Waals surface area contributed by atoms with Crippen LogP contribution in [0.25, 0.3) is 11.3 Å². The van der Waals surface area contributed by atoms with Crippen molar-refractivity contribution in [2.45, 2.75) is 12.6 Å². The quantitative estimate of drug-likeness (QED) is 0.567. The summed E-state index contributed by atoms with van der Waals surface area (Å²) in [5.41, 5.74) is 3.53. The number of carbonyl (C=O) groups is 2. The van der Waals surface area contributed by atoms with E-state index in [9.17, 15) is 9.59 Å². The van der Waals surface area contributed by atoms with Gasteiger partial charge in [0.25, 0.3) is 5.91 Å². The molecule has 0 radical (unpaired) electrons. The molecule has 9 heteroatoms. The number of nitrogens with zero attached hydrogens (tertiary/aromatic N) is 4. The van der Waals surface area contributed by atoms with E-state index in [0.717, 1.165) is 22.6 Å². The summed E-state index contributed by atoms with van der Waals surface area (Å²) in [5.74, 6) is -0.284. The van der Waals surface area contributed by atoms with Crippen molar-refractivity contribution in [3.05, 3.63) is 78.0 Å². The van der Waals surface area contributed by atoms with Crippen molar-refractivity contribution in [3.8, 4) is 11.3 Å². The van der Waals surface area contributed by atoms with E-state index in [1.54, 1.807) is 25.5 Å². The summed E-state index contributed by atoms with van der Waals surface area (Å²) in [6, 6.07) is 14.9. The second-order valence-corrected chi connectivity index (χ2v) is 7.65. The minimum atomic E-state index is -0.236. The van der Waals surface area contributed by atoms with Crippen LogP contribution in [0.1, 0.15) is 28.0 Å². The molecule has 1 fully saturated rings. The molecule has 33 heavy (non-hydrogen) atoms. The molecule has 0 unspecified atom stereocenters. The topological polar surface area (TPSA) is 109 Å². The van der Waals surface area contributed by atoms with Crippen LogP contribution in [-0.2, 0) is 16.1 Å². The lowest BCUT2D eigenvalue weighted by Crippen LogP contribution is -2.44. The predicted molar refractivity (Wildman–Crippen MR) is 122 cm³/mol. The average Bonchev–Trinajstić information content (AvgIpc) is 2.88. The molecule has 0 bridgehead atoms. The molecule has 1 saturated heterocycles. The van der Waals surface area contributed by atoms with Gasteiger partial charge in [0.2, 0.25) is 5.91 Å². The van der Waals surface area contributed by atoms with E-state index in [0.29, 0.717) is 31.9 Å². The van der Waals surface area contributed by atoms with Gasteiger partial charge in [-0.05, 0) is 36.4 Å². The van der Waals surface area contributed by atoms with Gasteiger partial charge in [0.1, 0.15) is 11.8 Å². The van der Waals surface area contributed by atoms with Crippen molar-refractivity contribution in [3.63, 3.8) is 0 Å². The van der Waals surface area contributed by atoms with Crippen molar-refractivity contribution in [2.75, 3.05) is 33.3 Å². The number of aromatic nitrogens is 3. The number of hydrogen-bond donors (Lipinski definition) is 2. The van der Waals surface area contributed by atoms with Gasteiger partial charge >= 0.3 is 0 Å². The first-order chi connectivity index (χ1) is 16.1. The van der Waals surface area contributed by atoms with Crippen molar-refractivity contribution in [1.82, 2.24) is 30.5 Å². The van der Waals surface area contributed by atoms with Crippen LogP contribution in [0, 0.1) is 0 Å². The van der Waals surface area contributed by atoms with Crippen LogP contribution in [-0.4, -0.2) is 65.0 Å². The maximum Gasteiger partial charge on any atom is 0.269 e. The number of rotatable bonds is 7. The fraction of sp³-hybridized carbons (Fsp3) is 0.292. The average molecular weight is 447 g/mol. The van der Waals surface area contributed by atoms with Gasteiger partial charge in [-0.3, -0.25) is 24.5 Å². The minimum absolute atomic E-state index is 0.0507. The second-order valence-electron chi connectivity index (χ2n) is 7.65. The summed E-state index contributed by atoms with van der Waals surface area (Å²) in [7, 11) is 1.57. The molecule has 0 spiro atoms. The maximum atomic E-state index is 12.4. The molecule has 9 nitrogen and oxygen atoms in total. The Kier molecular flexibility index (Phi) is 7.33. The normalized spacial score (nSPS) is 16.2. The number of hydrogen-bond acceptors (Lipinski definition) is 7. The van der Waals surface area contributed by atoms with E-state index < -0.39 is 0 Å². The zero-order valence-corrected chi connectivity index (χ0v) is 18.4. The van der Waals surface area contributed by atoms with Crippen LogP contribution in [0.15, 0.2) is 60.9 Å². The molecule has 1 atom stereocenters. The number of ether oxygens (including phenoxy) is 1. The summed E-state index contributed by atoms with van der Waals surface area (Å²) < 4.78 is 5.95. The Labute approximate surface area is 192 Å². The van der Waals surface area contributed by atoms with Gasteiger partial charge in [-0.1, -0.05) is 12.1 Å². The molecular weight excluding hydrogens is 420 g/mol. The highest BCUT2D eigenvalue weighted by Crippen LogP contribution is 2.24. The van der Waals surface area contributed by atoms with E-state index in [1.165, 1.54) is 0 Å². The van der Waals surface area contributed by atoms with Crippen LogP contribution in [0.4, 0.5) is 0 Å². The number of morpholine rings is 1. The van der Waals surface area contributed by atoms with E-state index in [4.69, 9.17) is 9.72 Å². The molecule has 4 heterocycles. The molecule has 1 aliphatic rings. The molecule has 3 aromatic heterocycles. The van der Waals surface area contributed by atoms with Crippen LogP contribution in [0.2, 0.25) is 0 Å². The van der Waals surface area contributed by atoms with Crippen molar-refractivity contribution < 1.29 is 14.3 Å². The van der Waals surface area contributed by atoms with Crippen LogP contribution in [0.3, 0.4) is 0 Å². The SMILES string of the molecule is CNC(=O)c1ccc(-c2cccc([C@H]3CN(CC(=O)NCc4ccccn4)CCO3)n2)cn1. The first-order valence-corrected chi connectivity index (χ1v) is 10.8. The van der Waals surface area contributed by atoms with Gasteiger partial charge in [-0.15, -0.1) is 0 Å². The van der Waals surface area contributed by atoms with Gasteiger partial charge in [0.05, 0.1) is 36.8 Å². The monoisotopic (exact) mass is 446 g/mol. The van der Waals surface area contributed by atoms with Crippen molar-refractivity contribution in [2.24, 2.45) is 0 Å². The van der Waals surface area contributed by atoms with Crippen molar-refractivity contribution in [1.29, 1.82) is 0 Å². The Hall–Kier alpha value is -3.69. The molecular formula is C24H26N6O3. The molecule has 170 valence electrons. The van der Waals surface area contributed by atoms with Gasteiger partial charge < -0.3 is 15.4 Å². The Morgan fingerprint density at radius 3 is 2.79 bits per heavy atom. The van der Waals surface area contributed by atoms with Crippen LogP contribution in [0.5, 0.6) is 0 Å². The molecule has 4 rings (SSSR count). The lowest BCUT2D eigenvalue weighted by Gasteiger charge is -2.32. The fourth-order valence-corrected chi connectivity index (χ4v) is 3.58. The lowest BCUT2D eigenvalue weighted by atomic mass is 10.1. The summed E-state index contributed by atoms with van der Waals surface area (Å²) in [6.45, 7) is 2.47. The van der Waals surface area contributed by atoms with Crippen molar-refractivity contribution >= 4 is 11.8 Å². The van der Waals surface area contributed by atoms with Gasteiger partial charge in [-0.25, -0.2) is 4.98 Å². The Bertz CT molecular complexity index is 1090. The van der Waals surface area contributed by atoms with Crippen LogP contribution >= 0.6 is 0 Å². The number of carbonyl (C=O) groups excluding carboxylic acids is 2. The zero-order valence-electron chi connectivity index (χ0n) is 18.4. The first kappa shape index (κ1) is 22.5. The molecule has 3 aromatic rings. The highest BCUT2D eigenvalue weighted by Gasteiger charge is 2.24. The van der Waals surface area contributed by atoms with Crippen LogP contribution < -0.4 is 10.6 Å². The zero-order chi connectivity index (χ0) is 23.0. The highest BCUT2D eigenvalue weighted by molar-refractivity contribution is 5.92.